The summed E-state index contributed by atoms with van der Waals surface area (Å²) in [6, 6.07) is 14.6. The third kappa shape index (κ3) is 9.14. The first-order chi connectivity index (χ1) is 23.2. The predicted molar refractivity (Wildman–Crippen MR) is 190 cm³/mol. The van der Waals surface area contributed by atoms with Crippen LogP contribution in [0.2, 0.25) is 10.0 Å². The zero-order chi connectivity index (χ0) is 35.3. The quantitative estimate of drug-likeness (QED) is 0.131. The number of sulfonamides is 1. The number of anilines is 2. The summed E-state index contributed by atoms with van der Waals surface area (Å²) in [5.74, 6) is 0.564. The number of fused-ring (bicyclic) bond motifs is 1. The monoisotopic (exact) mass is 730 g/mol. The average Bonchev–Trinajstić information content (AvgIpc) is 3.46. The Morgan fingerprint density at radius 3 is 2.41 bits per heavy atom. The van der Waals surface area contributed by atoms with Gasteiger partial charge in [-0.15, -0.1) is 10.2 Å². The number of nitrogens with one attached hydrogen (secondary N) is 1. The van der Waals surface area contributed by atoms with Crippen molar-refractivity contribution in [1.82, 2.24) is 20.1 Å². The van der Waals surface area contributed by atoms with Crippen molar-refractivity contribution in [3.05, 3.63) is 70.8 Å². The summed E-state index contributed by atoms with van der Waals surface area (Å²) in [7, 11) is -4.27. The van der Waals surface area contributed by atoms with Crippen LogP contribution in [-0.4, -0.2) is 73.1 Å². The van der Waals surface area contributed by atoms with Gasteiger partial charge in [-0.25, -0.2) is 13.2 Å². The van der Waals surface area contributed by atoms with Gasteiger partial charge in [0.25, 0.3) is 10.0 Å². The van der Waals surface area contributed by atoms with Gasteiger partial charge in [-0.05, 0) is 94.6 Å². The average molecular weight is 732 g/mol. The summed E-state index contributed by atoms with van der Waals surface area (Å²) in [6.45, 7) is 8.46. The second kappa shape index (κ2) is 15.2. The molecule has 1 aliphatic rings. The van der Waals surface area contributed by atoms with E-state index >= 15 is 0 Å². The predicted octanol–water partition coefficient (Wildman–Crippen LogP) is 6.76. The number of hydrogen-bond acceptors (Lipinski definition) is 9. The maximum absolute atomic E-state index is 13.9. The lowest BCUT2D eigenvalue weighted by Crippen LogP contribution is -2.49. The Hall–Kier alpha value is -4.07. The van der Waals surface area contributed by atoms with Crippen LogP contribution in [0.4, 0.5) is 16.3 Å². The second-order valence-electron chi connectivity index (χ2n) is 12.8. The Morgan fingerprint density at radius 1 is 1.02 bits per heavy atom. The number of nitrogens with zero attached hydrogens (tertiary/aromatic N) is 5. The molecule has 0 bridgehead atoms. The first-order valence-electron chi connectivity index (χ1n) is 16.1. The molecule has 1 saturated heterocycles. The van der Waals surface area contributed by atoms with Crippen LogP contribution in [0.5, 0.6) is 0 Å². The lowest BCUT2D eigenvalue weighted by molar-refractivity contribution is -0.141. The lowest BCUT2D eigenvalue weighted by atomic mass is 10.1. The Balaban J connectivity index is 1.37. The molecule has 3 heterocycles. The molecule has 1 N–H and O–H groups in total. The number of carbonyl (C=O) groups is 2. The van der Waals surface area contributed by atoms with Crippen LogP contribution >= 0.6 is 23.2 Å². The van der Waals surface area contributed by atoms with Crippen LogP contribution in [0.25, 0.3) is 16.7 Å². The molecule has 2 aromatic carbocycles. The first kappa shape index (κ1) is 36.2. The van der Waals surface area contributed by atoms with E-state index in [1.807, 2.05) is 56.7 Å². The van der Waals surface area contributed by atoms with E-state index in [0.717, 1.165) is 35.6 Å². The molecule has 12 nitrogen and oxygen atoms in total. The number of hydrogen-bond donors (Lipinski definition) is 1. The summed E-state index contributed by atoms with van der Waals surface area (Å²) >= 11 is 12.3. The van der Waals surface area contributed by atoms with Gasteiger partial charge >= 0.3 is 12.1 Å². The molecule has 0 spiro atoms. The van der Waals surface area contributed by atoms with E-state index in [4.69, 9.17) is 32.7 Å². The first-order valence-corrected chi connectivity index (χ1v) is 18.3. The van der Waals surface area contributed by atoms with Crippen molar-refractivity contribution in [3.63, 3.8) is 0 Å². The van der Waals surface area contributed by atoms with E-state index < -0.39 is 34.2 Å². The van der Waals surface area contributed by atoms with Crippen molar-refractivity contribution >= 4 is 67.7 Å². The number of esters is 1. The SMILES string of the molecule is CCCCOC(=O)CN(c1ccc2c(ccn2-c2ccc(N3CCCC(NC(=O)OC(C)(C)C)C3)nn2)c1)S(=O)(=O)c1cc(Cl)cc(Cl)c1. The van der Waals surface area contributed by atoms with Crippen molar-refractivity contribution < 1.29 is 27.5 Å². The molecule has 262 valence electrons. The van der Waals surface area contributed by atoms with Gasteiger partial charge in [0, 0.05) is 40.8 Å². The highest BCUT2D eigenvalue weighted by atomic mass is 35.5. The highest BCUT2D eigenvalue weighted by Gasteiger charge is 2.29. The fourth-order valence-electron chi connectivity index (χ4n) is 5.49. The molecule has 0 aliphatic carbocycles. The molecule has 2 aromatic heterocycles. The summed E-state index contributed by atoms with van der Waals surface area (Å²) in [4.78, 5) is 27.0. The second-order valence-corrected chi connectivity index (χ2v) is 15.5. The molecule has 49 heavy (non-hydrogen) atoms. The maximum atomic E-state index is 13.9. The van der Waals surface area contributed by atoms with Crippen molar-refractivity contribution in [2.45, 2.75) is 69.9 Å². The van der Waals surface area contributed by atoms with Crippen LogP contribution in [-0.2, 0) is 24.3 Å². The molecule has 1 unspecified atom stereocenters. The molecule has 0 saturated carbocycles. The molecular weight excluding hydrogens is 691 g/mol. The maximum Gasteiger partial charge on any atom is 0.407 e. The largest absolute Gasteiger partial charge is 0.464 e. The van der Waals surface area contributed by atoms with E-state index in [9.17, 15) is 18.0 Å². The fourth-order valence-corrected chi connectivity index (χ4v) is 7.62. The van der Waals surface area contributed by atoms with Gasteiger partial charge in [-0.2, -0.15) is 0 Å². The summed E-state index contributed by atoms with van der Waals surface area (Å²) < 4.78 is 41.4. The zero-order valence-corrected chi connectivity index (χ0v) is 30.2. The Labute approximate surface area is 296 Å². The third-order valence-corrected chi connectivity index (χ3v) is 9.96. The number of unbranched alkanes of at least 4 members (excludes halogenated alkanes) is 1. The number of carbonyl (C=O) groups excluding carboxylic acids is 2. The third-order valence-electron chi connectivity index (χ3n) is 7.77. The molecule has 1 fully saturated rings. The Morgan fingerprint density at radius 2 is 1.73 bits per heavy atom. The smallest absolute Gasteiger partial charge is 0.407 e. The van der Waals surface area contributed by atoms with Gasteiger partial charge in [-0.3, -0.25) is 13.7 Å². The molecule has 1 atom stereocenters. The summed E-state index contributed by atoms with van der Waals surface area (Å²) in [5, 5.41) is 12.9. The molecule has 4 aromatic rings. The zero-order valence-electron chi connectivity index (χ0n) is 27.9. The lowest BCUT2D eigenvalue weighted by Gasteiger charge is -2.34. The van der Waals surface area contributed by atoms with Crippen LogP contribution in [0.3, 0.4) is 0 Å². The molecule has 1 aliphatic heterocycles. The Bertz CT molecular complexity index is 1890. The molecular formula is C34H40Cl2N6O6S. The number of rotatable bonds is 11. The number of amides is 1. The van der Waals surface area contributed by atoms with Crippen molar-refractivity contribution in [1.29, 1.82) is 0 Å². The van der Waals surface area contributed by atoms with Crippen LogP contribution < -0.4 is 14.5 Å². The number of alkyl carbamates (subject to hydrolysis) is 1. The van der Waals surface area contributed by atoms with E-state index in [1.165, 1.54) is 18.2 Å². The number of benzene rings is 2. The minimum absolute atomic E-state index is 0.0786. The van der Waals surface area contributed by atoms with E-state index in [0.29, 0.717) is 30.0 Å². The highest BCUT2D eigenvalue weighted by Crippen LogP contribution is 2.31. The number of halogens is 2. The van der Waals surface area contributed by atoms with Gasteiger partial charge in [0.15, 0.2) is 11.6 Å². The van der Waals surface area contributed by atoms with E-state index in [2.05, 4.69) is 20.4 Å². The van der Waals surface area contributed by atoms with Crippen LogP contribution in [0, 0.1) is 0 Å². The Kier molecular flexibility index (Phi) is 11.3. The highest BCUT2D eigenvalue weighted by molar-refractivity contribution is 7.92. The molecule has 1 amide bonds. The topological polar surface area (TPSA) is 136 Å². The van der Waals surface area contributed by atoms with Gasteiger partial charge in [-0.1, -0.05) is 36.5 Å². The van der Waals surface area contributed by atoms with Gasteiger partial charge in [0.2, 0.25) is 0 Å². The number of piperidine rings is 1. The molecule has 15 heteroatoms. The minimum atomic E-state index is -4.27. The van der Waals surface area contributed by atoms with Crippen molar-refractivity contribution in [2.24, 2.45) is 0 Å². The number of ether oxygens (including phenoxy) is 2. The number of aromatic nitrogens is 3. The van der Waals surface area contributed by atoms with Crippen LogP contribution in [0.15, 0.2) is 65.7 Å². The van der Waals surface area contributed by atoms with E-state index in [-0.39, 0.29) is 33.3 Å². The molecule has 0 radical (unpaired) electrons. The van der Waals surface area contributed by atoms with E-state index in [1.54, 1.807) is 18.2 Å². The minimum Gasteiger partial charge on any atom is -0.464 e. The van der Waals surface area contributed by atoms with Crippen molar-refractivity contribution in [2.75, 3.05) is 35.4 Å². The summed E-state index contributed by atoms with van der Waals surface area (Å²) in [6.07, 6.45) is 4.57. The van der Waals surface area contributed by atoms with Gasteiger partial charge < -0.3 is 19.7 Å². The van der Waals surface area contributed by atoms with Gasteiger partial charge in [0.05, 0.1) is 22.7 Å². The fraction of sp³-hybridized carbons (Fsp3) is 0.412. The van der Waals surface area contributed by atoms with Gasteiger partial charge in [0.1, 0.15) is 12.1 Å². The normalized spacial score (nSPS) is 15.2. The summed E-state index contributed by atoms with van der Waals surface area (Å²) in [5.41, 5.74) is 0.434. The van der Waals surface area contributed by atoms with Crippen molar-refractivity contribution in [3.8, 4) is 5.82 Å². The standard InChI is InChI=1S/C34H40Cl2N6O6S/c1-5-6-16-47-32(43)22-42(49(45,46)28-19-24(35)18-25(36)20-28)27-9-10-29-23(17-27)13-15-41(29)31-12-11-30(38-39-31)40-14-7-8-26(21-40)37-33(44)48-34(2,3)4/h9-13,15,17-20,26H,5-8,14,16,21-22H2,1-4H3,(H,37,44). The van der Waals surface area contributed by atoms with Crippen LogP contribution in [0.1, 0.15) is 53.4 Å². The molecule has 5 rings (SSSR count).